The second-order valence-corrected chi connectivity index (χ2v) is 4.31. The van der Waals surface area contributed by atoms with Gasteiger partial charge in [-0.25, -0.2) is 0 Å². The Morgan fingerprint density at radius 3 is 2.62 bits per heavy atom. The number of nitrogens with two attached hydrogens (primary N) is 1. The van der Waals surface area contributed by atoms with Gasteiger partial charge in [-0.1, -0.05) is 47.5 Å². The van der Waals surface area contributed by atoms with Crippen LogP contribution in [0.1, 0.15) is 11.1 Å². The highest BCUT2D eigenvalue weighted by Gasteiger charge is 2.04. The smallest absolute Gasteiger partial charge is 0.0412 e. The molecule has 0 bridgehead atoms. The Hall–Kier alpha value is -1.31. The number of rotatable bonds is 2. The Morgan fingerprint density at radius 2 is 1.94 bits per heavy atom. The van der Waals surface area contributed by atoms with Crippen LogP contribution < -0.4 is 5.73 Å². The summed E-state index contributed by atoms with van der Waals surface area (Å²) in [5.74, 6) is 0. The maximum absolute atomic E-state index is 6.00. The van der Waals surface area contributed by atoms with E-state index < -0.39 is 0 Å². The lowest BCUT2D eigenvalue weighted by Crippen LogP contribution is -1.99. The minimum Gasteiger partial charge on any atom is -0.326 e. The summed E-state index contributed by atoms with van der Waals surface area (Å²) in [6.45, 7) is 2.62. The van der Waals surface area contributed by atoms with E-state index in [1.807, 2.05) is 18.2 Å². The van der Waals surface area contributed by atoms with E-state index in [0.29, 0.717) is 6.54 Å². The van der Waals surface area contributed by atoms with Gasteiger partial charge in [-0.2, -0.15) is 0 Å². The summed E-state index contributed by atoms with van der Waals surface area (Å²) in [5, 5.41) is 0.752. The molecule has 2 aromatic rings. The van der Waals surface area contributed by atoms with Gasteiger partial charge >= 0.3 is 0 Å². The maximum Gasteiger partial charge on any atom is 0.0412 e. The highest BCUT2D eigenvalue weighted by atomic mass is 35.5. The molecule has 0 aromatic heterocycles. The first kappa shape index (κ1) is 11.2. The number of benzene rings is 2. The SMILES string of the molecule is Cc1ccc(CN)c(-c2cccc(Cl)c2)c1. The molecule has 2 N–H and O–H groups in total. The molecule has 0 saturated heterocycles. The number of halogens is 1. The summed E-state index contributed by atoms with van der Waals surface area (Å²) < 4.78 is 0. The standard InChI is InChI=1S/C14H14ClN/c1-10-5-6-12(9-16)14(7-10)11-3-2-4-13(15)8-11/h2-8H,9,16H2,1H3. The molecule has 16 heavy (non-hydrogen) atoms. The molecule has 2 rings (SSSR count). The Labute approximate surface area is 101 Å². The van der Waals surface area contributed by atoms with Crippen LogP contribution in [0.4, 0.5) is 0 Å². The van der Waals surface area contributed by atoms with Crippen molar-refractivity contribution in [3.05, 3.63) is 58.6 Å². The Bertz CT molecular complexity index is 506. The van der Waals surface area contributed by atoms with E-state index in [0.717, 1.165) is 16.1 Å². The van der Waals surface area contributed by atoms with Crippen molar-refractivity contribution < 1.29 is 0 Å². The summed E-state index contributed by atoms with van der Waals surface area (Å²) in [5.41, 5.74) is 10.4. The Kier molecular flexibility index (Phi) is 3.28. The van der Waals surface area contributed by atoms with Crippen molar-refractivity contribution in [2.45, 2.75) is 13.5 Å². The van der Waals surface area contributed by atoms with Crippen molar-refractivity contribution in [3.63, 3.8) is 0 Å². The van der Waals surface area contributed by atoms with E-state index in [4.69, 9.17) is 17.3 Å². The van der Waals surface area contributed by atoms with Gasteiger partial charge in [0.2, 0.25) is 0 Å². The van der Waals surface area contributed by atoms with Crippen LogP contribution >= 0.6 is 11.6 Å². The van der Waals surface area contributed by atoms with E-state index in [1.54, 1.807) is 0 Å². The molecule has 0 aliphatic rings. The molecule has 0 atom stereocenters. The number of aryl methyl sites for hydroxylation is 1. The third-order valence-electron chi connectivity index (χ3n) is 2.62. The molecule has 0 spiro atoms. The van der Waals surface area contributed by atoms with E-state index in [9.17, 15) is 0 Å². The molecular weight excluding hydrogens is 218 g/mol. The van der Waals surface area contributed by atoms with E-state index in [-0.39, 0.29) is 0 Å². The van der Waals surface area contributed by atoms with E-state index in [2.05, 4.69) is 31.2 Å². The molecule has 2 heteroatoms. The van der Waals surface area contributed by atoms with Crippen LogP contribution in [0.5, 0.6) is 0 Å². The molecule has 0 aliphatic heterocycles. The van der Waals surface area contributed by atoms with Crippen molar-refractivity contribution in [3.8, 4) is 11.1 Å². The molecule has 1 nitrogen and oxygen atoms in total. The largest absolute Gasteiger partial charge is 0.326 e. The number of hydrogen-bond acceptors (Lipinski definition) is 1. The first-order valence-electron chi connectivity index (χ1n) is 5.26. The zero-order chi connectivity index (χ0) is 11.5. The molecule has 0 fully saturated rings. The van der Waals surface area contributed by atoms with Crippen LogP contribution in [0.3, 0.4) is 0 Å². The minimum absolute atomic E-state index is 0.544. The van der Waals surface area contributed by atoms with Gasteiger partial charge in [0.25, 0.3) is 0 Å². The summed E-state index contributed by atoms with van der Waals surface area (Å²) in [6, 6.07) is 14.2. The highest BCUT2D eigenvalue weighted by molar-refractivity contribution is 6.30. The van der Waals surface area contributed by atoms with Crippen molar-refractivity contribution in [2.75, 3.05) is 0 Å². The average molecular weight is 232 g/mol. The number of hydrogen-bond donors (Lipinski definition) is 1. The topological polar surface area (TPSA) is 26.0 Å². The monoisotopic (exact) mass is 231 g/mol. The molecule has 0 aliphatic carbocycles. The van der Waals surface area contributed by atoms with Crippen LogP contribution in [-0.4, -0.2) is 0 Å². The zero-order valence-electron chi connectivity index (χ0n) is 9.20. The van der Waals surface area contributed by atoms with Gasteiger partial charge in [-0.3, -0.25) is 0 Å². The fraction of sp³-hybridized carbons (Fsp3) is 0.143. The predicted octanol–water partition coefficient (Wildman–Crippen LogP) is 3.77. The highest BCUT2D eigenvalue weighted by Crippen LogP contribution is 2.26. The fourth-order valence-electron chi connectivity index (χ4n) is 1.79. The molecule has 82 valence electrons. The summed E-state index contributed by atoms with van der Waals surface area (Å²) in [4.78, 5) is 0. The van der Waals surface area contributed by atoms with Crippen LogP contribution in [0.15, 0.2) is 42.5 Å². The molecule has 2 aromatic carbocycles. The molecule has 0 radical (unpaired) electrons. The van der Waals surface area contributed by atoms with E-state index >= 15 is 0 Å². The second-order valence-electron chi connectivity index (χ2n) is 3.88. The lowest BCUT2D eigenvalue weighted by molar-refractivity contribution is 1.07. The van der Waals surface area contributed by atoms with Gasteiger partial charge < -0.3 is 5.73 Å². The van der Waals surface area contributed by atoms with Crippen LogP contribution in [0.25, 0.3) is 11.1 Å². The van der Waals surface area contributed by atoms with Crippen LogP contribution in [0, 0.1) is 6.92 Å². The molecule has 0 heterocycles. The van der Waals surface area contributed by atoms with Gasteiger partial charge in [0.1, 0.15) is 0 Å². The zero-order valence-corrected chi connectivity index (χ0v) is 9.96. The van der Waals surface area contributed by atoms with Crippen molar-refractivity contribution in [1.82, 2.24) is 0 Å². The molecule has 0 unspecified atom stereocenters. The third kappa shape index (κ3) is 2.26. The van der Waals surface area contributed by atoms with Crippen LogP contribution in [0.2, 0.25) is 5.02 Å². The lowest BCUT2D eigenvalue weighted by Gasteiger charge is -2.09. The van der Waals surface area contributed by atoms with E-state index in [1.165, 1.54) is 11.1 Å². The van der Waals surface area contributed by atoms with Gasteiger partial charge in [0.05, 0.1) is 0 Å². The van der Waals surface area contributed by atoms with Gasteiger partial charge in [-0.05, 0) is 35.7 Å². The lowest BCUT2D eigenvalue weighted by atomic mass is 9.98. The second kappa shape index (κ2) is 4.69. The van der Waals surface area contributed by atoms with Gasteiger partial charge in [-0.15, -0.1) is 0 Å². The third-order valence-corrected chi connectivity index (χ3v) is 2.86. The fourth-order valence-corrected chi connectivity index (χ4v) is 1.98. The Balaban J connectivity index is 2.58. The average Bonchev–Trinajstić information content (AvgIpc) is 2.29. The minimum atomic E-state index is 0.544. The first-order valence-corrected chi connectivity index (χ1v) is 5.64. The first-order chi connectivity index (χ1) is 7.70. The van der Waals surface area contributed by atoms with Crippen LogP contribution in [-0.2, 0) is 6.54 Å². The van der Waals surface area contributed by atoms with Crippen molar-refractivity contribution in [2.24, 2.45) is 5.73 Å². The summed E-state index contributed by atoms with van der Waals surface area (Å²) >= 11 is 6.00. The van der Waals surface area contributed by atoms with Crippen molar-refractivity contribution >= 4 is 11.6 Å². The summed E-state index contributed by atoms with van der Waals surface area (Å²) in [7, 11) is 0. The maximum atomic E-state index is 6.00. The normalized spacial score (nSPS) is 10.4. The molecule has 0 amide bonds. The van der Waals surface area contributed by atoms with Crippen molar-refractivity contribution in [1.29, 1.82) is 0 Å². The molecular formula is C14H14ClN. The predicted molar refractivity (Wildman–Crippen MR) is 69.5 cm³/mol. The quantitative estimate of drug-likeness (QED) is 0.837. The summed E-state index contributed by atoms with van der Waals surface area (Å²) in [6.07, 6.45) is 0. The van der Waals surface area contributed by atoms with Gasteiger partial charge in [0, 0.05) is 11.6 Å². The molecule has 0 saturated carbocycles. The van der Waals surface area contributed by atoms with Gasteiger partial charge in [0.15, 0.2) is 0 Å². The Morgan fingerprint density at radius 1 is 1.12 bits per heavy atom.